The van der Waals surface area contributed by atoms with Gasteiger partial charge in [-0.15, -0.1) is 0 Å². The number of ether oxygens (including phenoxy) is 2. The zero-order valence-corrected chi connectivity index (χ0v) is 23.3. The van der Waals surface area contributed by atoms with Crippen LogP contribution in [0.1, 0.15) is 70.7 Å². The summed E-state index contributed by atoms with van der Waals surface area (Å²) in [4.78, 5) is 52.8. The summed E-state index contributed by atoms with van der Waals surface area (Å²) < 4.78 is 10.2. The summed E-state index contributed by atoms with van der Waals surface area (Å²) >= 11 is 0. The number of aliphatic hydroxyl groups is 1. The largest absolute Gasteiger partial charge is 0.466 e. The highest BCUT2D eigenvalue weighted by Gasteiger charge is 2.37. The molecule has 0 saturated heterocycles. The summed E-state index contributed by atoms with van der Waals surface area (Å²) in [5.41, 5.74) is 1.57. The maximum Gasteiger partial charge on any atom is 0.408 e. The molecular weight excluding hydrogens is 478 g/mol. The molecule has 2 unspecified atom stereocenters. The molecule has 0 saturated carbocycles. The van der Waals surface area contributed by atoms with Crippen molar-refractivity contribution in [2.75, 3.05) is 26.3 Å². The van der Waals surface area contributed by atoms with Gasteiger partial charge in [0.2, 0.25) is 11.8 Å². The van der Waals surface area contributed by atoms with E-state index in [0.717, 1.165) is 11.1 Å². The summed E-state index contributed by atoms with van der Waals surface area (Å²) in [6.07, 6.45) is -0.785. The van der Waals surface area contributed by atoms with Gasteiger partial charge in [0.15, 0.2) is 0 Å². The van der Waals surface area contributed by atoms with E-state index in [-0.39, 0.29) is 32.0 Å². The summed E-state index contributed by atoms with van der Waals surface area (Å²) in [5.74, 6) is -1.85. The zero-order valence-electron chi connectivity index (χ0n) is 23.3. The van der Waals surface area contributed by atoms with Crippen LogP contribution in [0.3, 0.4) is 0 Å². The van der Waals surface area contributed by atoms with Crippen molar-refractivity contribution in [3.05, 3.63) is 34.9 Å². The van der Waals surface area contributed by atoms with Crippen LogP contribution >= 0.6 is 0 Å². The number of nitrogens with one attached hydrogen (secondary N) is 2. The molecule has 37 heavy (non-hydrogen) atoms. The lowest BCUT2D eigenvalue weighted by atomic mass is 9.95. The Morgan fingerprint density at radius 1 is 1.11 bits per heavy atom. The van der Waals surface area contributed by atoms with Crippen LogP contribution in [0.5, 0.6) is 0 Å². The average Bonchev–Trinajstić information content (AvgIpc) is 2.76. The molecule has 1 aromatic carbocycles. The van der Waals surface area contributed by atoms with Gasteiger partial charge in [0.1, 0.15) is 17.7 Å². The van der Waals surface area contributed by atoms with E-state index in [9.17, 15) is 24.3 Å². The van der Waals surface area contributed by atoms with Gasteiger partial charge < -0.3 is 30.1 Å². The van der Waals surface area contributed by atoms with Gasteiger partial charge in [-0.05, 0) is 58.6 Å². The quantitative estimate of drug-likeness (QED) is 0.360. The van der Waals surface area contributed by atoms with Gasteiger partial charge in [-0.1, -0.05) is 37.6 Å². The molecular formula is C27H43N3O7. The molecule has 0 aliphatic rings. The minimum atomic E-state index is -1.11. The lowest BCUT2D eigenvalue weighted by Gasteiger charge is -2.35. The van der Waals surface area contributed by atoms with Gasteiger partial charge in [-0.2, -0.15) is 0 Å². The SMILES string of the molecule is CCOC(=O)CCNC(=O)C(c1ccc(C)cc1C)N(CCO)C(=O)C(NC(=O)OC(C)(C)C)C(C)C. The van der Waals surface area contributed by atoms with Gasteiger partial charge in [-0.3, -0.25) is 14.4 Å². The van der Waals surface area contributed by atoms with Crippen LogP contribution in [0.4, 0.5) is 4.79 Å². The molecule has 1 aromatic rings. The molecule has 0 aliphatic carbocycles. The second-order valence-electron chi connectivity index (χ2n) is 10.2. The molecule has 3 amide bonds. The number of esters is 1. The van der Waals surface area contributed by atoms with Crippen molar-refractivity contribution < 1.29 is 33.8 Å². The molecule has 1 rings (SSSR count). The first kappa shape index (κ1) is 31.9. The minimum Gasteiger partial charge on any atom is -0.466 e. The molecule has 10 heteroatoms. The van der Waals surface area contributed by atoms with E-state index in [1.54, 1.807) is 47.6 Å². The molecule has 208 valence electrons. The van der Waals surface area contributed by atoms with Crippen LogP contribution in [0.15, 0.2) is 18.2 Å². The van der Waals surface area contributed by atoms with Crippen molar-refractivity contribution in [1.82, 2.24) is 15.5 Å². The molecule has 0 spiro atoms. The number of aliphatic hydroxyl groups excluding tert-OH is 1. The fourth-order valence-corrected chi connectivity index (χ4v) is 3.80. The normalized spacial score (nSPS) is 12.9. The molecule has 0 heterocycles. The third-order valence-electron chi connectivity index (χ3n) is 5.44. The predicted octanol–water partition coefficient (Wildman–Crippen LogP) is 2.78. The number of aryl methyl sites for hydroxylation is 2. The first-order valence-corrected chi connectivity index (χ1v) is 12.6. The van der Waals surface area contributed by atoms with Crippen LogP contribution in [0.2, 0.25) is 0 Å². The topological polar surface area (TPSA) is 134 Å². The molecule has 0 aliphatic heterocycles. The fourth-order valence-electron chi connectivity index (χ4n) is 3.80. The maximum atomic E-state index is 13.8. The summed E-state index contributed by atoms with van der Waals surface area (Å²) in [7, 11) is 0. The van der Waals surface area contributed by atoms with E-state index in [0.29, 0.717) is 5.56 Å². The number of hydrogen-bond acceptors (Lipinski definition) is 7. The van der Waals surface area contributed by atoms with Gasteiger partial charge in [0.25, 0.3) is 0 Å². The highest BCUT2D eigenvalue weighted by atomic mass is 16.6. The molecule has 3 N–H and O–H groups in total. The first-order chi connectivity index (χ1) is 17.2. The predicted molar refractivity (Wildman–Crippen MR) is 140 cm³/mol. The summed E-state index contributed by atoms with van der Waals surface area (Å²) in [6.45, 7) is 13.8. The van der Waals surface area contributed by atoms with Crippen LogP contribution < -0.4 is 10.6 Å². The van der Waals surface area contributed by atoms with Crippen LogP contribution in [0.25, 0.3) is 0 Å². The van der Waals surface area contributed by atoms with Crippen molar-refractivity contribution in [2.45, 2.75) is 79.5 Å². The second-order valence-corrected chi connectivity index (χ2v) is 10.2. The number of hydrogen-bond donors (Lipinski definition) is 3. The molecule has 10 nitrogen and oxygen atoms in total. The van der Waals surface area contributed by atoms with Gasteiger partial charge in [0.05, 0.1) is 19.6 Å². The number of carbonyl (C=O) groups excluding carboxylic acids is 4. The monoisotopic (exact) mass is 521 g/mol. The fraction of sp³-hybridized carbons (Fsp3) is 0.630. The second kappa shape index (κ2) is 14.6. The van der Waals surface area contributed by atoms with Crippen molar-refractivity contribution >= 4 is 23.9 Å². The smallest absolute Gasteiger partial charge is 0.408 e. The maximum absolute atomic E-state index is 13.8. The van der Waals surface area contributed by atoms with Gasteiger partial charge in [0, 0.05) is 13.1 Å². The molecule has 0 aromatic heterocycles. The van der Waals surface area contributed by atoms with E-state index in [2.05, 4.69) is 10.6 Å². The Balaban J connectivity index is 3.39. The Labute approximate surface area is 220 Å². The summed E-state index contributed by atoms with van der Waals surface area (Å²) in [5, 5.41) is 15.2. The van der Waals surface area contributed by atoms with Crippen molar-refractivity contribution in [3.8, 4) is 0 Å². The molecule has 0 fully saturated rings. The Morgan fingerprint density at radius 3 is 2.27 bits per heavy atom. The third kappa shape index (κ3) is 10.4. The van der Waals surface area contributed by atoms with E-state index in [4.69, 9.17) is 9.47 Å². The third-order valence-corrected chi connectivity index (χ3v) is 5.44. The number of amides is 3. The number of benzene rings is 1. The Hall–Kier alpha value is -3.14. The Bertz CT molecular complexity index is 940. The highest BCUT2D eigenvalue weighted by molar-refractivity contribution is 5.92. The number of carbonyl (C=O) groups is 4. The van der Waals surface area contributed by atoms with Crippen molar-refractivity contribution in [1.29, 1.82) is 0 Å². The van der Waals surface area contributed by atoms with E-state index in [1.807, 2.05) is 26.0 Å². The number of nitrogens with zero attached hydrogens (tertiary/aromatic N) is 1. The average molecular weight is 522 g/mol. The molecule has 0 bridgehead atoms. The molecule has 2 atom stereocenters. The van der Waals surface area contributed by atoms with Crippen LogP contribution in [-0.2, 0) is 23.9 Å². The Kier molecular flexibility index (Phi) is 12.6. The van der Waals surface area contributed by atoms with Crippen LogP contribution in [-0.4, -0.2) is 71.8 Å². The van der Waals surface area contributed by atoms with Crippen LogP contribution in [0, 0.1) is 19.8 Å². The minimum absolute atomic E-state index is 0.0179. The van der Waals surface area contributed by atoms with Crippen molar-refractivity contribution in [3.63, 3.8) is 0 Å². The van der Waals surface area contributed by atoms with Gasteiger partial charge in [-0.25, -0.2) is 4.79 Å². The zero-order chi connectivity index (χ0) is 28.3. The van der Waals surface area contributed by atoms with Gasteiger partial charge >= 0.3 is 12.1 Å². The van der Waals surface area contributed by atoms with E-state index < -0.39 is 48.2 Å². The summed E-state index contributed by atoms with van der Waals surface area (Å²) in [6, 6.07) is 3.38. The number of alkyl carbamates (subject to hydrolysis) is 1. The lowest BCUT2D eigenvalue weighted by Crippen LogP contribution is -2.55. The lowest BCUT2D eigenvalue weighted by molar-refractivity contribution is -0.145. The van der Waals surface area contributed by atoms with E-state index >= 15 is 0 Å². The van der Waals surface area contributed by atoms with E-state index in [1.165, 1.54) is 4.90 Å². The standard InChI is InChI=1S/C27H43N3O7/c1-9-36-21(32)12-13-28-24(33)23(20-11-10-18(4)16-19(20)5)30(14-15-31)25(34)22(17(2)3)29-26(35)37-27(6,7)8/h10-11,16-17,22-23,31H,9,12-15H2,1-8H3,(H,28,33)(H,29,35). The number of rotatable bonds is 12. The highest BCUT2D eigenvalue weighted by Crippen LogP contribution is 2.27. The first-order valence-electron chi connectivity index (χ1n) is 12.6. The van der Waals surface area contributed by atoms with Crippen molar-refractivity contribution in [2.24, 2.45) is 5.92 Å². The Morgan fingerprint density at radius 2 is 1.76 bits per heavy atom. The molecule has 0 radical (unpaired) electrons.